The van der Waals surface area contributed by atoms with Crippen LogP contribution in [-0.4, -0.2) is 9.97 Å². The summed E-state index contributed by atoms with van der Waals surface area (Å²) >= 11 is 0. The highest BCUT2D eigenvalue weighted by Crippen LogP contribution is 2.66. The third kappa shape index (κ3) is 2.79. The number of benzene rings is 4. The zero-order valence-corrected chi connectivity index (χ0v) is 22.8. The molecule has 4 aliphatic rings. The van der Waals surface area contributed by atoms with E-state index >= 15 is 0 Å². The largest absolute Gasteiger partial charge is 0.265 e. The molecule has 4 aromatic carbocycles. The summed E-state index contributed by atoms with van der Waals surface area (Å²) in [6.45, 7) is 0. The summed E-state index contributed by atoms with van der Waals surface area (Å²) in [5, 5.41) is 5.07. The molecule has 0 aliphatic heterocycles. The van der Waals surface area contributed by atoms with Crippen LogP contribution in [0.5, 0.6) is 0 Å². The van der Waals surface area contributed by atoms with Crippen molar-refractivity contribution in [3.8, 4) is 22.3 Å². The van der Waals surface area contributed by atoms with Crippen molar-refractivity contribution < 1.29 is 0 Å². The van der Waals surface area contributed by atoms with Gasteiger partial charge in [-0.15, -0.1) is 0 Å². The van der Waals surface area contributed by atoms with Crippen LogP contribution in [-0.2, 0) is 0 Å². The SMILES string of the molecule is C1=C2c3ccccc3C3=CC=C4c5c(c(-c6ccncc6)c6cc7ccccc7cc6c5-c5ccncc5)C(=C1)C4C23. The molecule has 0 fully saturated rings. The smallest absolute Gasteiger partial charge is 0.0273 e. The Morgan fingerprint density at radius 3 is 1.29 bits per heavy atom. The van der Waals surface area contributed by atoms with Gasteiger partial charge in [-0.05, 0) is 125 Å². The first-order valence-electron chi connectivity index (χ1n) is 14.6. The highest BCUT2D eigenvalue weighted by atomic mass is 14.6. The lowest BCUT2D eigenvalue weighted by Crippen LogP contribution is -2.17. The molecular weight excluding hydrogens is 508 g/mol. The van der Waals surface area contributed by atoms with Gasteiger partial charge >= 0.3 is 0 Å². The molecule has 2 aromatic heterocycles. The van der Waals surface area contributed by atoms with Crippen molar-refractivity contribution in [1.29, 1.82) is 0 Å². The van der Waals surface area contributed by atoms with Gasteiger partial charge in [-0.3, -0.25) is 9.97 Å². The normalized spacial score (nSPS) is 19.0. The first-order valence-corrected chi connectivity index (χ1v) is 14.6. The highest BCUT2D eigenvalue weighted by molar-refractivity contribution is 6.22. The van der Waals surface area contributed by atoms with Gasteiger partial charge in [0.25, 0.3) is 0 Å². The molecule has 2 heterocycles. The third-order valence-electron chi connectivity index (χ3n) is 9.80. The maximum Gasteiger partial charge on any atom is 0.0273 e. The van der Waals surface area contributed by atoms with Gasteiger partial charge < -0.3 is 0 Å². The van der Waals surface area contributed by atoms with Gasteiger partial charge in [-0.1, -0.05) is 72.8 Å². The van der Waals surface area contributed by atoms with Crippen LogP contribution in [0.25, 0.3) is 66.1 Å². The number of rotatable bonds is 2. The third-order valence-corrected chi connectivity index (χ3v) is 9.80. The Morgan fingerprint density at radius 1 is 0.405 bits per heavy atom. The van der Waals surface area contributed by atoms with Gasteiger partial charge in [0.15, 0.2) is 0 Å². The number of fused-ring (bicyclic) bond motifs is 8. The molecule has 0 N–H and O–H groups in total. The molecule has 2 nitrogen and oxygen atoms in total. The zero-order chi connectivity index (χ0) is 27.4. The summed E-state index contributed by atoms with van der Waals surface area (Å²) in [6.07, 6.45) is 17.4. The molecule has 194 valence electrons. The van der Waals surface area contributed by atoms with E-state index < -0.39 is 0 Å². The lowest BCUT2D eigenvalue weighted by Gasteiger charge is -2.31. The van der Waals surface area contributed by atoms with Crippen LogP contribution in [0.3, 0.4) is 0 Å². The molecule has 10 rings (SSSR count). The minimum absolute atomic E-state index is 0.291. The van der Waals surface area contributed by atoms with Crippen LogP contribution in [0, 0.1) is 11.8 Å². The van der Waals surface area contributed by atoms with Gasteiger partial charge in [-0.2, -0.15) is 0 Å². The van der Waals surface area contributed by atoms with Gasteiger partial charge in [0.05, 0.1) is 0 Å². The van der Waals surface area contributed by atoms with E-state index in [-0.39, 0.29) is 0 Å². The first-order chi connectivity index (χ1) is 20.9. The Morgan fingerprint density at radius 2 is 0.810 bits per heavy atom. The quantitative estimate of drug-likeness (QED) is 0.208. The number of nitrogens with zero attached hydrogens (tertiary/aromatic N) is 2. The minimum Gasteiger partial charge on any atom is -0.265 e. The summed E-state index contributed by atoms with van der Waals surface area (Å²) in [7, 11) is 0. The highest BCUT2D eigenvalue weighted by Gasteiger charge is 2.49. The molecule has 42 heavy (non-hydrogen) atoms. The predicted octanol–water partition coefficient (Wildman–Crippen LogP) is 9.64. The van der Waals surface area contributed by atoms with Crippen LogP contribution in [0.4, 0.5) is 0 Å². The first kappa shape index (κ1) is 22.4. The molecule has 2 heteroatoms. The Hall–Kier alpha value is -5.34. The summed E-state index contributed by atoms with van der Waals surface area (Å²) in [5.74, 6) is 0.632. The summed E-state index contributed by atoms with van der Waals surface area (Å²) in [5.41, 5.74) is 16.3. The monoisotopic (exact) mass is 532 g/mol. The molecule has 0 bridgehead atoms. The van der Waals surface area contributed by atoms with Gasteiger partial charge in [0, 0.05) is 36.6 Å². The van der Waals surface area contributed by atoms with Crippen LogP contribution in [0.1, 0.15) is 22.3 Å². The second-order valence-corrected chi connectivity index (χ2v) is 11.7. The molecule has 0 saturated heterocycles. The molecule has 6 aromatic rings. The van der Waals surface area contributed by atoms with Crippen LogP contribution < -0.4 is 0 Å². The molecule has 0 amide bonds. The van der Waals surface area contributed by atoms with E-state index in [1.807, 2.05) is 24.8 Å². The standard InChI is InChI=1S/C40H24N2/c1-2-6-26-22-34-33(21-25(26)5-1)35(23-13-17-41-18-14-23)39-31-11-9-29-27-7-3-4-8-28(27)30-10-12-32(38(31)37(29)30)40(39)36(34)24-15-19-42-20-16-24/h1-22,37-38H. The zero-order valence-electron chi connectivity index (χ0n) is 22.8. The number of pyridine rings is 2. The van der Waals surface area contributed by atoms with Crippen molar-refractivity contribution in [3.05, 3.63) is 156 Å². The number of hydrogen-bond donors (Lipinski definition) is 0. The van der Waals surface area contributed by atoms with Crippen molar-refractivity contribution in [2.24, 2.45) is 11.8 Å². The topological polar surface area (TPSA) is 25.8 Å². The van der Waals surface area contributed by atoms with E-state index in [1.54, 1.807) is 0 Å². The molecule has 0 unspecified atom stereocenters. The van der Waals surface area contributed by atoms with E-state index in [2.05, 4.69) is 119 Å². The molecule has 0 spiro atoms. The fourth-order valence-electron chi connectivity index (χ4n) is 8.19. The van der Waals surface area contributed by atoms with E-state index in [0.717, 1.165) is 0 Å². The Labute approximate surface area is 243 Å². The van der Waals surface area contributed by atoms with Crippen LogP contribution in [0.15, 0.2) is 134 Å². The van der Waals surface area contributed by atoms with Gasteiger partial charge in [-0.25, -0.2) is 0 Å². The Kier molecular flexibility index (Phi) is 4.32. The van der Waals surface area contributed by atoms with E-state index in [1.165, 1.54) is 88.3 Å². The second-order valence-electron chi connectivity index (χ2n) is 11.7. The van der Waals surface area contributed by atoms with Crippen molar-refractivity contribution in [2.45, 2.75) is 0 Å². The summed E-state index contributed by atoms with van der Waals surface area (Å²) < 4.78 is 0. The maximum absolute atomic E-state index is 4.39. The number of hydrogen-bond acceptors (Lipinski definition) is 2. The number of allylic oxidation sites excluding steroid dienone is 8. The number of aromatic nitrogens is 2. The van der Waals surface area contributed by atoms with E-state index in [0.29, 0.717) is 11.8 Å². The predicted molar refractivity (Wildman–Crippen MR) is 173 cm³/mol. The molecule has 0 radical (unpaired) electrons. The van der Waals surface area contributed by atoms with E-state index in [4.69, 9.17) is 0 Å². The fraction of sp³-hybridized carbons (Fsp3) is 0.0500. The average molecular weight is 533 g/mol. The van der Waals surface area contributed by atoms with Crippen LogP contribution >= 0.6 is 0 Å². The summed E-state index contributed by atoms with van der Waals surface area (Å²) in [4.78, 5) is 8.79. The van der Waals surface area contributed by atoms with Crippen molar-refractivity contribution in [3.63, 3.8) is 0 Å². The molecule has 4 aliphatic carbocycles. The molecular formula is C40H24N2. The lowest BCUT2D eigenvalue weighted by molar-refractivity contribution is 0.758. The van der Waals surface area contributed by atoms with E-state index in [9.17, 15) is 0 Å². The molecule has 0 atom stereocenters. The van der Waals surface area contributed by atoms with Gasteiger partial charge in [0.1, 0.15) is 0 Å². The fourth-order valence-corrected chi connectivity index (χ4v) is 8.19. The summed E-state index contributed by atoms with van der Waals surface area (Å²) in [6, 6.07) is 31.2. The van der Waals surface area contributed by atoms with Gasteiger partial charge in [0.2, 0.25) is 0 Å². The minimum atomic E-state index is 0.291. The van der Waals surface area contributed by atoms with Crippen molar-refractivity contribution in [1.82, 2.24) is 9.97 Å². The maximum atomic E-state index is 4.39. The van der Waals surface area contributed by atoms with Crippen molar-refractivity contribution in [2.75, 3.05) is 0 Å². The molecule has 0 saturated carbocycles. The second kappa shape index (κ2) is 8.11. The lowest BCUT2D eigenvalue weighted by atomic mass is 9.72. The van der Waals surface area contributed by atoms with Crippen LogP contribution in [0.2, 0.25) is 0 Å². The average Bonchev–Trinajstić information content (AvgIpc) is 3.56. The Balaban J connectivity index is 1.41. The Bertz CT molecular complexity index is 2120. The van der Waals surface area contributed by atoms with Crippen molar-refractivity contribution >= 4 is 43.8 Å².